The maximum atomic E-state index is 11.1. The summed E-state index contributed by atoms with van der Waals surface area (Å²) in [4.78, 5) is 6.02. The normalized spacial score (nSPS) is 17.9. The van der Waals surface area contributed by atoms with Crippen molar-refractivity contribution in [3.63, 3.8) is 0 Å². The Morgan fingerprint density at radius 3 is 0.870 bits per heavy atom. The van der Waals surface area contributed by atoms with E-state index >= 15 is 0 Å². The van der Waals surface area contributed by atoms with Crippen LogP contribution in [0.2, 0.25) is 0 Å². The van der Waals surface area contributed by atoms with E-state index in [4.69, 9.17) is 31.7 Å². The maximum absolute atomic E-state index is 11.1. The Kier molecular flexibility index (Phi) is 9.36. The molecule has 1 heterocycles. The molecule has 7 rings (SSSR count). The number of phenolic OH excluding ortho intramolecular Hbond substituents is 6. The summed E-state index contributed by atoms with van der Waals surface area (Å²) in [6.07, 6.45) is 0. The average Bonchev–Trinajstić information content (AvgIpc) is 3.15. The second-order valence-corrected chi connectivity index (χ2v) is 18.5. The first-order valence-electron chi connectivity index (χ1n) is 15.9. The van der Waals surface area contributed by atoms with Crippen LogP contribution >= 0.6 is 23.7 Å². The van der Waals surface area contributed by atoms with Gasteiger partial charge in [0.05, 0.1) is 0 Å². The molecule has 1 aliphatic rings. The van der Waals surface area contributed by atoms with Crippen LogP contribution in [0.3, 0.4) is 0 Å². The molecule has 54 heavy (non-hydrogen) atoms. The van der Waals surface area contributed by atoms with Crippen LogP contribution in [-0.2, 0) is 0 Å². The molecule has 15 nitrogen and oxygen atoms in total. The average molecular weight is 792 g/mol. The van der Waals surface area contributed by atoms with Crippen molar-refractivity contribution in [2.45, 2.75) is 0 Å². The fourth-order valence-corrected chi connectivity index (χ4v) is 15.5. The van der Waals surface area contributed by atoms with Crippen molar-refractivity contribution in [2.75, 3.05) is 0 Å². The molecule has 0 aromatic heterocycles. The molecule has 6 aromatic rings. The Morgan fingerprint density at radius 2 is 0.611 bits per heavy atom. The van der Waals surface area contributed by atoms with Gasteiger partial charge in [-0.3, -0.25) is 0 Å². The van der Waals surface area contributed by atoms with Gasteiger partial charge in [-0.05, 0) is 0 Å². The molecule has 278 valence electrons. The van der Waals surface area contributed by atoms with Gasteiger partial charge in [-0.1, -0.05) is 0 Å². The van der Waals surface area contributed by atoms with Crippen LogP contribution in [0.5, 0.6) is 69.0 Å². The number of hydrogen-bond donors (Lipinski definition) is 8. The van der Waals surface area contributed by atoms with Gasteiger partial charge >= 0.3 is 310 Å². The second-order valence-electron chi connectivity index (χ2n) is 11.5. The summed E-state index contributed by atoms with van der Waals surface area (Å²) >= 11 is 0. The van der Waals surface area contributed by atoms with Gasteiger partial charge in [0, 0.05) is 0 Å². The van der Waals surface area contributed by atoms with Gasteiger partial charge < -0.3 is 0 Å². The molecule has 0 saturated heterocycles. The van der Waals surface area contributed by atoms with Gasteiger partial charge in [-0.25, -0.2) is 0 Å². The number of rotatable bonds is 12. The van der Waals surface area contributed by atoms with E-state index in [1.54, 1.807) is 18.2 Å². The van der Waals surface area contributed by atoms with E-state index in [0.717, 1.165) is 0 Å². The Bertz CT molecular complexity index is 2130. The van der Waals surface area contributed by atoms with E-state index in [0.29, 0.717) is 0 Å². The van der Waals surface area contributed by atoms with Gasteiger partial charge in [-0.2, -0.15) is 0 Å². The molecule has 0 amide bonds. The zero-order valence-electron chi connectivity index (χ0n) is 27.8. The minimum atomic E-state index is -6.05. The van der Waals surface area contributed by atoms with E-state index in [2.05, 4.69) is 9.72 Å². The predicted molar refractivity (Wildman–Crippen MR) is 202 cm³/mol. The monoisotopic (exact) mass is 791 g/mol. The molecule has 0 bridgehead atoms. The number of para-hydroxylation sites is 12. The number of nitrogens with one attached hydrogen (secondary N) is 2. The number of aromatic hydroxyl groups is 6. The zero-order chi connectivity index (χ0) is 37.9. The minimum absolute atomic E-state index is 0.262. The molecular weight excluding hydrogens is 759 g/mol. The Hall–Kier alpha value is -6.20. The van der Waals surface area contributed by atoms with Crippen LogP contribution < -0.4 is 36.9 Å². The van der Waals surface area contributed by atoms with Crippen LogP contribution in [0.15, 0.2) is 150 Å². The third-order valence-corrected chi connectivity index (χ3v) is 16.7. The van der Waals surface area contributed by atoms with Crippen molar-refractivity contribution in [3.8, 4) is 69.0 Å². The standard InChI is InChI=1S/C36H32N3O12P3/c40-25-13-1-7-19-31(25)46-53(47-32-20-8-2-14-26(32)41,48-33-21-9-3-15-27(33)42)37-52-38-54(39-53,49-34-22-10-4-16-28(34)43,50-35-23-11-5-17-29(35)44)51-36-24-12-6-18-30(36)45/h1-24,39-45H,(H,37,38). The van der Waals surface area contributed by atoms with Crippen molar-refractivity contribution < 1.29 is 57.8 Å². The van der Waals surface area contributed by atoms with Crippen LogP contribution in [0, 0.1) is 0 Å². The summed E-state index contributed by atoms with van der Waals surface area (Å²) < 4.78 is 44.8. The zero-order valence-corrected chi connectivity index (χ0v) is 30.5. The molecule has 0 radical (unpaired) electrons. The third kappa shape index (κ3) is 7.10. The fraction of sp³-hybridized carbons (Fsp3) is 0. The van der Waals surface area contributed by atoms with Crippen LogP contribution in [0.1, 0.15) is 0 Å². The molecular formula is C36H32N3O12P3. The third-order valence-electron chi connectivity index (χ3n) is 7.52. The van der Waals surface area contributed by atoms with E-state index in [1.807, 2.05) is 0 Å². The molecule has 1 aliphatic heterocycles. The summed E-state index contributed by atoms with van der Waals surface area (Å²) in [5.41, 5.74) is 0. The summed E-state index contributed by atoms with van der Waals surface area (Å²) in [5.74, 6) is -4.09. The van der Waals surface area contributed by atoms with Crippen molar-refractivity contribution in [2.24, 2.45) is 4.52 Å². The topological polar surface area (TPSA) is 213 Å². The van der Waals surface area contributed by atoms with E-state index in [9.17, 15) is 30.6 Å². The van der Waals surface area contributed by atoms with E-state index in [1.165, 1.54) is 127 Å². The molecule has 0 spiro atoms. The molecule has 0 fully saturated rings. The number of hydrogen-bond acceptors (Lipinski definition) is 15. The molecule has 8 N–H and O–H groups in total. The molecule has 6 aromatic carbocycles. The first kappa shape index (κ1) is 36.2. The van der Waals surface area contributed by atoms with E-state index in [-0.39, 0.29) is 43.0 Å². The Morgan fingerprint density at radius 1 is 0.370 bits per heavy atom. The molecule has 0 unspecified atom stereocenters. The first-order valence-corrected chi connectivity index (χ1v) is 20.7. The van der Waals surface area contributed by atoms with Gasteiger partial charge in [0.15, 0.2) is 0 Å². The van der Waals surface area contributed by atoms with Crippen molar-refractivity contribution in [1.29, 1.82) is 0 Å². The van der Waals surface area contributed by atoms with Gasteiger partial charge in [0.25, 0.3) is 0 Å². The van der Waals surface area contributed by atoms with Gasteiger partial charge in [0.2, 0.25) is 0 Å². The summed E-state index contributed by atoms with van der Waals surface area (Å²) in [5, 5.41) is 66.8. The quantitative estimate of drug-likeness (QED) is 0.0543. The summed E-state index contributed by atoms with van der Waals surface area (Å²) in [6.45, 7) is 0. The second kappa shape index (κ2) is 14.0. The SMILES string of the molecule is Oc1ccccc1OP1(Oc2ccccc2O)(Oc2ccccc2O)N=PNP(Oc2ccccc2O)(Oc2ccccc2O)(Oc2ccccc2O)N1. The van der Waals surface area contributed by atoms with Gasteiger partial charge in [-0.15, -0.1) is 0 Å². The number of phenols is 6. The van der Waals surface area contributed by atoms with Crippen LogP contribution in [0.4, 0.5) is 0 Å². The first-order chi connectivity index (χ1) is 26.0. The fourth-order valence-electron chi connectivity index (χ4n) is 5.12. The van der Waals surface area contributed by atoms with E-state index < -0.39 is 49.7 Å². The van der Waals surface area contributed by atoms with Gasteiger partial charge in [0.1, 0.15) is 0 Å². The number of benzene rings is 6. The molecule has 0 aliphatic carbocycles. The van der Waals surface area contributed by atoms with Crippen molar-refractivity contribution >= 4 is 23.7 Å². The predicted octanol–water partition coefficient (Wildman–Crippen LogP) is 9.19. The van der Waals surface area contributed by atoms with Crippen LogP contribution in [-0.4, -0.2) is 30.6 Å². The Balaban J connectivity index is 1.60. The molecule has 18 heteroatoms. The molecule has 0 saturated carbocycles. The number of nitrogens with zero attached hydrogens (tertiary/aromatic N) is 1. The summed E-state index contributed by atoms with van der Waals surface area (Å²) in [7, 11) is -12.3. The Labute approximate surface area is 309 Å². The molecule has 0 atom stereocenters. The van der Waals surface area contributed by atoms with Crippen molar-refractivity contribution in [1.82, 2.24) is 9.72 Å². The summed E-state index contributed by atoms with van der Waals surface area (Å²) in [6, 6.07) is 34.6. The van der Waals surface area contributed by atoms with Crippen LogP contribution in [0.25, 0.3) is 0 Å². The van der Waals surface area contributed by atoms with Crippen molar-refractivity contribution in [3.05, 3.63) is 146 Å².